The molecule has 0 fully saturated rings. The van der Waals surface area contributed by atoms with Gasteiger partial charge in [0.1, 0.15) is 17.4 Å². The Morgan fingerprint density at radius 3 is 2.82 bits per heavy atom. The number of hydrogen-bond donors (Lipinski definition) is 2. The Balaban J connectivity index is 1.49. The van der Waals surface area contributed by atoms with Crippen LogP contribution in [0.2, 0.25) is 0 Å². The summed E-state index contributed by atoms with van der Waals surface area (Å²) in [6, 6.07) is 18.2. The molecule has 0 radical (unpaired) electrons. The lowest BCUT2D eigenvalue weighted by atomic mass is 10.1. The van der Waals surface area contributed by atoms with Crippen molar-refractivity contribution in [2.45, 2.75) is 32.7 Å². The topological polar surface area (TPSA) is 89.3 Å². The zero-order valence-corrected chi connectivity index (χ0v) is 19.1. The lowest BCUT2D eigenvalue weighted by Gasteiger charge is -2.17. The van der Waals surface area contributed by atoms with E-state index in [4.69, 9.17) is 9.84 Å². The van der Waals surface area contributed by atoms with Crippen molar-refractivity contribution in [2.75, 3.05) is 11.9 Å². The fourth-order valence-electron chi connectivity index (χ4n) is 3.80. The van der Waals surface area contributed by atoms with E-state index in [9.17, 15) is 4.79 Å². The van der Waals surface area contributed by atoms with E-state index < -0.39 is 5.97 Å². The molecule has 2 aromatic heterocycles. The molecule has 2 aromatic carbocycles. The maximum absolute atomic E-state index is 10.7. The Morgan fingerprint density at radius 1 is 1.15 bits per heavy atom. The molecule has 0 aliphatic rings. The van der Waals surface area contributed by atoms with E-state index >= 15 is 0 Å². The van der Waals surface area contributed by atoms with Crippen LogP contribution in [0.1, 0.15) is 37.2 Å². The normalized spacial score (nSPS) is 12.0. The predicted octanol–water partition coefficient (Wildman–Crippen LogP) is 5.36. The third-order valence-corrected chi connectivity index (χ3v) is 5.55. The van der Waals surface area contributed by atoms with Gasteiger partial charge in [0.05, 0.1) is 18.3 Å². The minimum absolute atomic E-state index is 0.00919. The number of carboxylic acids is 1. The van der Waals surface area contributed by atoms with E-state index in [1.54, 1.807) is 0 Å². The standard InChI is InChI=1S/C26H28N4O3/c1-17(20-6-4-7-22(14-20)33-13-5-8-26(31)32)27-25-16-23(28-18(2)29-25)21-10-9-19-11-12-30(3)24(19)15-21/h4,6-7,9-12,14-17H,5,8,13H2,1-3H3,(H,31,32)(H,27,28,29). The van der Waals surface area contributed by atoms with Crippen LogP contribution in [0, 0.1) is 6.92 Å². The zero-order chi connectivity index (χ0) is 23.4. The number of benzene rings is 2. The molecule has 33 heavy (non-hydrogen) atoms. The van der Waals surface area contributed by atoms with Gasteiger partial charge in [-0.1, -0.05) is 24.3 Å². The van der Waals surface area contributed by atoms with Crippen molar-refractivity contribution < 1.29 is 14.6 Å². The maximum atomic E-state index is 10.7. The molecule has 170 valence electrons. The van der Waals surface area contributed by atoms with Crippen molar-refractivity contribution in [2.24, 2.45) is 7.05 Å². The summed E-state index contributed by atoms with van der Waals surface area (Å²) in [5.41, 5.74) is 4.12. The smallest absolute Gasteiger partial charge is 0.303 e. The fourth-order valence-corrected chi connectivity index (χ4v) is 3.80. The Hall–Kier alpha value is -3.87. The molecular formula is C26H28N4O3. The van der Waals surface area contributed by atoms with Crippen LogP contribution < -0.4 is 10.1 Å². The van der Waals surface area contributed by atoms with Gasteiger partial charge in [0.2, 0.25) is 0 Å². The number of carboxylic acid groups (broad SMARTS) is 1. The first-order valence-electron chi connectivity index (χ1n) is 11.0. The fraction of sp³-hybridized carbons (Fsp3) is 0.269. The van der Waals surface area contributed by atoms with Crippen molar-refractivity contribution in [3.63, 3.8) is 0 Å². The maximum Gasteiger partial charge on any atom is 0.303 e. The van der Waals surface area contributed by atoms with Crippen LogP contribution in [-0.4, -0.2) is 32.2 Å². The van der Waals surface area contributed by atoms with Crippen LogP contribution in [0.4, 0.5) is 5.82 Å². The van der Waals surface area contributed by atoms with Gasteiger partial charge in [-0.25, -0.2) is 9.97 Å². The molecule has 0 saturated heterocycles. The molecule has 0 aliphatic carbocycles. The number of fused-ring (bicyclic) bond motifs is 1. The number of hydrogen-bond acceptors (Lipinski definition) is 5. The van der Waals surface area contributed by atoms with Gasteiger partial charge in [-0.15, -0.1) is 0 Å². The number of rotatable bonds is 9. The molecule has 0 aliphatic heterocycles. The molecule has 1 atom stereocenters. The Bertz CT molecular complexity index is 1280. The second-order valence-corrected chi connectivity index (χ2v) is 8.17. The number of ether oxygens (including phenoxy) is 1. The summed E-state index contributed by atoms with van der Waals surface area (Å²) in [6.07, 6.45) is 2.63. The van der Waals surface area contributed by atoms with Gasteiger partial charge in [-0.3, -0.25) is 4.79 Å². The monoisotopic (exact) mass is 444 g/mol. The number of anilines is 1. The third-order valence-electron chi connectivity index (χ3n) is 5.55. The van der Waals surface area contributed by atoms with Gasteiger partial charge in [0, 0.05) is 36.8 Å². The average molecular weight is 445 g/mol. The van der Waals surface area contributed by atoms with Crippen molar-refractivity contribution in [3.8, 4) is 17.0 Å². The predicted molar refractivity (Wildman–Crippen MR) is 130 cm³/mol. The van der Waals surface area contributed by atoms with Crippen LogP contribution in [0.3, 0.4) is 0 Å². The highest BCUT2D eigenvalue weighted by molar-refractivity contribution is 5.85. The van der Waals surface area contributed by atoms with E-state index in [1.165, 1.54) is 5.39 Å². The molecule has 7 nitrogen and oxygen atoms in total. The van der Waals surface area contributed by atoms with E-state index in [1.807, 2.05) is 44.3 Å². The zero-order valence-electron chi connectivity index (χ0n) is 19.1. The molecular weight excluding hydrogens is 416 g/mol. The van der Waals surface area contributed by atoms with Crippen LogP contribution in [-0.2, 0) is 11.8 Å². The van der Waals surface area contributed by atoms with E-state index in [0.29, 0.717) is 18.9 Å². The molecule has 4 aromatic rings. The minimum Gasteiger partial charge on any atom is -0.494 e. The van der Waals surface area contributed by atoms with Gasteiger partial charge in [0.25, 0.3) is 0 Å². The highest BCUT2D eigenvalue weighted by Crippen LogP contribution is 2.27. The molecule has 0 bridgehead atoms. The second kappa shape index (κ2) is 9.73. The summed E-state index contributed by atoms with van der Waals surface area (Å²) in [7, 11) is 2.04. The first kappa shape index (κ1) is 22.3. The molecule has 2 heterocycles. The van der Waals surface area contributed by atoms with Gasteiger partial charge < -0.3 is 19.7 Å². The molecule has 4 rings (SSSR count). The number of nitrogens with zero attached hydrogens (tertiary/aromatic N) is 3. The highest BCUT2D eigenvalue weighted by atomic mass is 16.5. The highest BCUT2D eigenvalue weighted by Gasteiger charge is 2.11. The van der Waals surface area contributed by atoms with Gasteiger partial charge in [0.15, 0.2) is 0 Å². The van der Waals surface area contributed by atoms with Gasteiger partial charge in [-0.05, 0) is 55.5 Å². The Kier molecular flexibility index (Phi) is 6.58. The number of aromatic nitrogens is 3. The molecule has 0 spiro atoms. The van der Waals surface area contributed by atoms with Crippen LogP contribution in [0.25, 0.3) is 22.2 Å². The SMILES string of the molecule is Cc1nc(NC(C)c2cccc(OCCCC(=O)O)c2)cc(-c2ccc3ccn(C)c3c2)n1. The van der Waals surface area contributed by atoms with Crippen LogP contribution >= 0.6 is 0 Å². The van der Waals surface area contributed by atoms with E-state index in [0.717, 1.165) is 33.9 Å². The Labute approximate surface area is 193 Å². The lowest BCUT2D eigenvalue weighted by molar-refractivity contribution is -0.137. The van der Waals surface area contributed by atoms with Crippen molar-refractivity contribution in [1.82, 2.24) is 14.5 Å². The molecule has 7 heteroatoms. The number of aryl methyl sites for hydroxylation is 2. The number of carbonyl (C=O) groups is 1. The van der Waals surface area contributed by atoms with Gasteiger partial charge >= 0.3 is 5.97 Å². The quantitative estimate of drug-likeness (QED) is 0.338. The molecule has 2 N–H and O–H groups in total. The summed E-state index contributed by atoms with van der Waals surface area (Å²) < 4.78 is 7.81. The summed E-state index contributed by atoms with van der Waals surface area (Å²) in [5.74, 6) is 1.37. The molecule has 0 saturated carbocycles. The summed E-state index contributed by atoms with van der Waals surface area (Å²) in [6.45, 7) is 4.33. The first-order valence-corrected chi connectivity index (χ1v) is 11.0. The van der Waals surface area contributed by atoms with Crippen LogP contribution in [0.15, 0.2) is 60.8 Å². The number of nitrogens with one attached hydrogen (secondary N) is 1. The minimum atomic E-state index is -0.812. The third kappa shape index (κ3) is 5.49. The molecule has 1 unspecified atom stereocenters. The largest absolute Gasteiger partial charge is 0.494 e. The van der Waals surface area contributed by atoms with Crippen molar-refractivity contribution in [1.29, 1.82) is 0 Å². The second-order valence-electron chi connectivity index (χ2n) is 8.17. The Morgan fingerprint density at radius 2 is 2.00 bits per heavy atom. The number of aliphatic carboxylic acids is 1. The summed E-state index contributed by atoms with van der Waals surface area (Å²) >= 11 is 0. The van der Waals surface area contributed by atoms with Crippen LogP contribution in [0.5, 0.6) is 5.75 Å². The average Bonchev–Trinajstić information content (AvgIpc) is 3.16. The van der Waals surface area contributed by atoms with E-state index in [2.05, 4.69) is 57.2 Å². The molecule has 0 amide bonds. The summed E-state index contributed by atoms with van der Waals surface area (Å²) in [5, 5.41) is 13.4. The van der Waals surface area contributed by atoms with E-state index in [-0.39, 0.29) is 12.5 Å². The van der Waals surface area contributed by atoms with Gasteiger partial charge in [-0.2, -0.15) is 0 Å². The lowest BCUT2D eigenvalue weighted by Crippen LogP contribution is -2.10. The van der Waals surface area contributed by atoms with Crippen molar-refractivity contribution >= 4 is 22.7 Å². The summed E-state index contributed by atoms with van der Waals surface area (Å²) in [4.78, 5) is 19.9. The first-order chi connectivity index (χ1) is 15.9. The van der Waals surface area contributed by atoms with Crippen molar-refractivity contribution in [3.05, 3.63) is 72.2 Å².